The minimum atomic E-state index is -3.48. The van der Waals surface area contributed by atoms with Gasteiger partial charge in [0.15, 0.2) is 0 Å². The van der Waals surface area contributed by atoms with Crippen molar-refractivity contribution in [2.24, 2.45) is 0 Å². The maximum Gasteiger partial charge on any atom is 0.232 e. The molecular formula is C20H27N3O3S. The van der Waals surface area contributed by atoms with Gasteiger partial charge in [-0.05, 0) is 61.4 Å². The van der Waals surface area contributed by atoms with Gasteiger partial charge in [0.1, 0.15) is 0 Å². The predicted octanol–water partition coefficient (Wildman–Crippen LogP) is 3.16. The Bertz CT molecular complexity index is 907. The zero-order valence-corrected chi connectivity index (χ0v) is 17.3. The number of carbonyl (C=O) groups is 1. The van der Waals surface area contributed by atoms with Gasteiger partial charge in [-0.15, -0.1) is 0 Å². The summed E-state index contributed by atoms with van der Waals surface area (Å²) in [6.07, 6.45) is 1.22. The Morgan fingerprint density at radius 3 is 2.07 bits per heavy atom. The first-order valence-corrected chi connectivity index (χ1v) is 10.5. The van der Waals surface area contributed by atoms with Crippen molar-refractivity contribution in [3.8, 4) is 0 Å². The number of hydrogen-bond acceptors (Lipinski definition) is 4. The van der Waals surface area contributed by atoms with Crippen LogP contribution in [0.2, 0.25) is 0 Å². The highest BCUT2D eigenvalue weighted by atomic mass is 32.2. The first-order valence-electron chi connectivity index (χ1n) is 8.70. The number of benzene rings is 2. The Morgan fingerprint density at radius 2 is 1.56 bits per heavy atom. The molecule has 0 aliphatic rings. The third-order valence-electron chi connectivity index (χ3n) is 4.39. The number of sulfonamides is 1. The van der Waals surface area contributed by atoms with Crippen LogP contribution in [0.1, 0.15) is 17.5 Å². The molecule has 27 heavy (non-hydrogen) atoms. The third kappa shape index (κ3) is 5.72. The molecule has 0 unspecified atom stereocenters. The molecule has 0 saturated carbocycles. The molecule has 0 radical (unpaired) electrons. The predicted molar refractivity (Wildman–Crippen MR) is 112 cm³/mol. The number of nitrogens with one attached hydrogen (secondary N) is 1. The van der Waals surface area contributed by atoms with E-state index >= 15 is 0 Å². The summed E-state index contributed by atoms with van der Waals surface area (Å²) in [5.74, 6) is -0.231. The van der Waals surface area contributed by atoms with Gasteiger partial charge >= 0.3 is 0 Å². The van der Waals surface area contributed by atoms with Crippen LogP contribution < -0.4 is 14.5 Å². The van der Waals surface area contributed by atoms with Gasteiger partial charge in [0.25, 0.3) is 0 Å². The quantitative estimate of drug-likeness (QED) is 0.790. The summed E-state index contributed by atoms with van der Waals surface area (Å²) < 4.78 is 25.7. The lowest BCUT2D eigenvalue weighted by Crippen LogP contribution is -2.33. The van der Waals surface area contributed by atoms with E-state index in [0.717, 1.165) is 23.1 Å². The van der Waals surface area contributed by atoms with Crippen molar-refractivity contribution in [1.29, 1.82) is 0 Å². The van der Waals surface area contributed by atoms with E-state index in [-0.39, 0.29) is 18.9 Å². The zero-order chi connectivity index (χ0) is 20.2. The van der Waals surface area contributed by atoms with Crippen LogP contribution in [0, 0.1) is 13.8 Å². The Hall–Kier alpha value is -2.54. The average Bonchev–Trinajstić information content (AvgIpc) is 2.57. The van der Waals surface area contributed by atoms with Crippen LogP contribution in [-0.2, 0) is 14.8 Å². The van der Waals surface area contributed by atoms with Gasteiger partial charge in [0.05, 0.1) is 11.9 Å². The van der Waals surface area contributed by atoms with Crippen molar-refractivity contribution in [1.82, 2.24) is 0 Å². The minimum Gasteiger partial charge on any atom is -0.378 e. The smallest absolute Gasteiger partial charge is 0.232 e. The number of rotatable bonds is 7. The Balaban J connectivity index is 2.06. The van der Waals surface area contributed by atoms with Crippen LogP contribution in [0.5, 0.6) is 0 Å². The molecule has 0 fully saturated rings. The van der Waals surface area contributed by atoms with Crippen molar-refractivity contribution in [2.45, 2.75) is 20.3 Å². The number of carbonyl (C=O) groups excluding carboxylic acids is 1. The summed E-state index contributed by atoms with van der Waals surface area (Å²) in [6, 6.07) is 12.9. The van der Waals surface area contributed by atoms with E-state index in [4.69, 9.17) is 0 Å². The molecule has 0 aliphatic carbocycles. The molecular weight excluding hydrogens is 362 g/mol. The van der Waals surface area contributed by atoms with Crippen molar-refractivity contribution in [2.75, 3.05) is 41.4 Å². The highest BCUT2D eigenvalue weighted by Gasteiger charge is 2.19. The fourth-order valence-electron chi connectivity index (χ4n) is 2.64. The number of nitrogens with zero attached hydrogens (tertiary/aromatic N) is 2. The molecule has 0 heterocycles. The van der Waals surface area contributed by atoms with E-state index in [1.165, 1.54) is 4.31 Å². The molecule has 0 aromatic heterocycles. The first kappa shape index (κ1) is 20.8. The van der Waals surface area contributed by atoms with Gasteiger partial charge in [-0.2, -0.15) is 0 Å². The van der Waals surface area contributed by atoms with E-state index in [9.17, 15) is 13.2 Å². The number of amides is 1. The number of aryl methyl sites for hydroxylation is 2. The standard InChI is InChI=1S/C20H27N3O3S/c1-15-6-9-19(14-16(15)2)23(27(5,25)26)13-12-20(24)21-17-7-10-18(11-8-17)22(3)4/h6-11,14H,12-13H2,1-5H3,(H,21,24). The fourth-order valence-corrected chi connectivity index (χ4v) is 3.56. The van der Waals surface area contributed by atoms with Gasteiger partial charge in [-0.1, -0.05) is 6.07 Å². The van der Waals surface area contributed by atoms with Crippen LogP contribution in [0.4, 0.5) is 17.1 Å². The van der Waals surface area contributed by atoms with Gasteiger partial charge in [-0.25, -0.2) is 8.42 Å². The van der Waals surface area contributed by atoms with Crippen molar-refractivity contribution in [3.63, 3.8) is 0 Å². The molecule has 146 valence electrons. The Kier molecular flexibility index (Phi) is 6.49. The summed E-state index contributed by atoms with van der Waals surface area (Å²) >= 11 is 0. The second-order valence-electron chi connectivity index (χ2n) is 6.84. The largest absolute Gasteiger partial charge is 0.378 e. The summed E-state index contributed by atoms with van der Waals surface area (Å²) in [7, 11) is 0.406. The number of hydrogen-bond donors (Lipinski definition) is 1. The first-order chi connectivity index (χ1) is 12.6. The second-order valence-corrected chi connectivity index (χ2v) is 8.75. The maximum absolute atomic E-state index is 12.3. The molecule has 1 N–H and O–H groups in total. The molecule has 0 aliphatic heterocycles. The lowest BCUT2D eigenvalue weighted by molar-refractivity contribution is -0.116. The summed E-state index contributed by atoms with van der Waals surface area (Å²) in [4.78, 5) is 14.2. The van der Waals surface area contributed by atoms with Crippen LogP contribution in [0.3, 0.4) is 0 Å². The van der Waals surface area contributed by atoms with E-state index in [1.54, 1.807) is 6.07 Å². The van der Waals surface area contributed by atoms with E-state index in [1.807, 2.05) is 69.2 Å². The highest BCUT2D eigenvalue weighted by Crippen LogP contribution is 2.22. The van der Waals surface area contributed by atoms with Crippen LogP contribution in [0.25, 0.3) is 0 Å². The van der Waals surface area contributed by atoms with Crippen LogP contribution in [-0.4, -0.2) is 41.2 Å². The molecule has 7 heteroatoms. The van der Waals surface area contributed by atoms with Gasteiger partial charge in [-0.3, -0.25) is 9.10 Å². The second kappa shape index (κ2) is 8.43. The van der Waals surface area contributed by atoms with Gasteiger partial charge in [0, 0.05) is 38.4 Å². The SMILES string of the molecule is Cc1ccc(N(CCC(=O)Nc2ccc(N(C)C)cc2)S(C)(=O)=O)cc1C. The zero-order valence-electron chi connectivity index (χ0n) is 16.5. The summed E-state index contributed by atoms with van der Waals surface area (Å²) in [6.45, 7) is 3.99. The third-order valence-corrected chi connectivity index (χ3v) is 5.58. The molecule has 2 rings (SSSR count). The molecule has 0 bridgehead atoms. The van der Waals surface area contributed by atoms with Crippen LogP contribution >= 0.6 is 0 Å². The van der Waals surface area contributed by atoms with Gasteiger partial charge in [0.2, 0.25) is 15.9 Å². The molecule has 0 spiro atoms. The average molecular weight is 390 g/mol. The monoisotopic (exact) mass is 389 g/mol. The minimum absolute atomic E-state index is 0.0649. The Labute approximate surface area is 161 Å². The highest BCUT2D eigenvalue weighted by molar-refractivity contribution is 7.92. The van der Waals surface area contributed by atoms with Crippen molar-refractivity contribution < 1.29 is 13.2 Å². The normalized spacial score (nSPS) is 11.1. The maximum atomic E-state index is 12.3. The molecule has 1 amide bonds. The van der Waals surface area contributed by atoms with Crippen molar-refractivity contribution >= 4 is 33.0 Å². The molecule has 2 aromatic carbocycles. The van der Waals surface area contributed by atoms with E-state index in [0.29, 0.717) is 11.4 Å². The molecule has 0 saturated heterocycles. The molecule has 0 atom stereocenters. The lowest BCUT2D eigenvalue weighted by atomic mass is 10.1. The van der Waals surface area contributed by atoms with E-state index < -0.39 is 10.0 Å². The molecule has 6 nitrogen and oxygen atoms in total. The van der Waals surface area contributed by atoms with Gasteiger partial charge < -0.3 is 10.2 Å². The Morgan fingerprint density at radius 1 is 0.963 bits per heavy atom. The molecule has 2 aromatic rings. The fraction of sp³-hybridized carbons (Fsp3) is 0.350. The van der Waals surface area contributed by atoms with Crippen molar-refractivity contribution in [3.05, 3.63) is 53.6 Å². The topological polar surface area (TPSA) is 69.7 Å². The summed E-state index contributed by atoms with van der Waals surface area (Å²) in [5, 5.41) is 2.81. The van der Waals surface area contributed by atoms with E-state index in [2.05, 4.69) is 5.32 Å². The lowest BCUT2D eigenvalue weighted by Gasteiger charge is -2.23. The number of anilines is 3. The van der Waals surface area contributed by atoms with Crippen LogP contribution in [0.15, 0.2) is 42.5 Å². The summed E-state index contributed by atoms with van der Waals surface area (Å²) in [5.41, 5.74) is 4.38.